The van der Waals surface area contributed by atoms with Crippen molar-refractivity contribution in [3.63, 3.8) is 0 Å². The molecule has 0 aromatic heterocycles. The number of ketones is 1. The van der Waals surface area contributed by atoms with Gasteiger partial charge in [0.15, 0.2) is 5.78 Å². The van der Waals surface area contributed by atoms with Crippen molar-refractivity contribution in [2.24, 2.45) is 5.92 Å². The molecule has 0 radical (unpaired) electrons. The number of carbonyl (C=O) groups is 1. The summed E-state index contributed by atoms with van der Waals surface area (Å²) in [5, 5.41) is 0. The van der Waals surface area contributed by atoms with E-state index in [1.807, 2.05) is 62.4 Å². The minimum absolute atomic E-state index is 0.101. The molecule has 0 saturated carbocycles. The van der Waals surface area contributed by atoms with E-state index in [4.69, 9.17) is 4.74 Å². The van der Waals surface area contributed by atoms with E-state index in [1.54, 1.807) is 7.11 Å². The van der Waals surface area contributed by atoms with Gasteiger partial charge in [-0.2, -0.15) is 0 Å². The standard InChI is InChI=1S/C16H18O2/c1-12-9-10-16(2,18-3)14(11-12)15(17)13-7-5-4-6-8-13/h4-11,14H,1-3H3. The maximum atomic E-state index is 12.6. The molecule has 0 aliphatic heterocycles. The second-order valence-corrected chi connectivity index (χ2v) is 4.84. The Labute approximate surface area is 108 Å². The minimum atomic E-state index is -0.563. The van der Waals surface area contributed by atoms with Crippen molar-refractivity contribution in [2.75, 3.05) is 7.11 Å². The van der Waals surface area contributed by atoms with Gasteiger partial charge >= 0.3 is 0 Å². The highest BCUT2D eigenvalue weighted by Gasteiger charge is 2.37. The third-order valence-corrected chi connectivity index (χ3v) is 3.50. The largest absolute Gasteiger partial charge is 0.373 e. The summed E-state index contributed by atoms with van der Waals surface area (Å²) in [5.41, 5.74) is 1.26. The molecule has 1 aliphatic carbocycles. The maximum absolute atomic E-state index is 12.6. The third kappa shape index (κ3) is 2.29. The highest BCUT2D eigenvalue weighted by Crippen LogP contribution is 2.32. The van der Waals surface area contributed by atoms with Crippen molar-refractivity contribution in [3.8, 4) is 0 Å². The van der Waals surface area contributed by atoms with Gasteiger partial charge < -0.3 is 4.74 Å². The lowest BCUT2D eigenvalue weighted by Crippen LogP contribution is -2.40. The molecule has 0 fully saturated rings. The van der Waals surface area contributed by atoms with Crippen LogP contribution < -0.4 is 0 Å². The molecule has 0 bridgehead atoms. The average Bonchev–Trinajstić information content (AvgIpc) is 2.42. The molecule has 2 unspecified atom stereocenters. The summed E-state index contributed by atoms with van der Waals surface area (Å²) < 4.78 is 5.53. The first-order valence-electron chi connectivity index (χ1n) is 6.09. The molecule has 2 atom stereocenters. The van der Waals surface area contributed by atoms with Crippen LogP contribution in [-0.2, 0) is 4.74 Å². The van der Waals surface area contributed by atoms with Crippen LogP contribution in [0.4, 0.5) is 0 Å². The molecule has 0 heterocycles. The summed E-state index contributed by atoms with van der Waals surface area (Å²) in [4.78, 5) is 12.6. The van der Waals surface area contributed by atoms with E-state index in [2.05, 4.69) is 0 Å². The van der Waals surface area contributed by atoms with Crippen molar-refractivity contribution in [3.05, 3.63) is 59.7 Å². The topological polar surface area (TPSA) is 26.3 Å². The second kappa shape index (κ2) is 4.91. The van der Waals surface area contributed by atoms with Gasteiger partial charge in [-0.15, -0.1) is 0 Å². The van der Waals surface area contributed by atoms with E-state index in [0.29, 0.717) is 0 Å². The van der Waals surface area contributed by atoms with Gasteiger partial charge in [0.1, 0.15) is 0 Å². The third-order valence-electron chi connectivity index (χ3n) is 3.50. The van der Waals surface area contributed by atoms with Crippen LogP contribution in [0.1, 0.15) is 24.2 Å². The van der Waals surface area contributed by atoms with Crippen LogP contribution in [0.15, 0.2) is 54.1 Å². The van der Waals surface area contributed by atoms with E-state index in [0.717, 1.165) is 11.1 Å². The highest BCUT2D eigenvalue weighted by molar-refractivity contribution is 6.00. The van der Waals surface area contributed by atoms with E-state index >= 15 is 0 Å². The lowest BCUT2D eigenvalue weighted by Gasteiger charge is -2.33. The van der Waals surface area contributed by atoms with E-state index < -0.39 is 5.60 Å². The molecule has 2 rings (SSSR count). The van der Waals surface area contributed by atoms with Gasteiger partial charge in [-0.3, -0.25) is 4.79 Å². The van der Waals surface area contributed by atoms with Gasteiger partial charge in [-0.05, 0) is 13.8 Å². The van der Waals surface area contributed by atoms with Crippen molar-refractivity contribution in [2.45, 2.75) is 19.4 Å². The van der Waals surface area contributed by atoms with Crippen LogP contribution in [0, 0.1) is 5.92 Å². The number of hydrogen-bond donors (Lipinski definition) is 0. The van der Waals surface area contributed by atoms with Crippen LogP contribution in [0.5, 0.6) is 0 Å². The molecule has 18 heavy (non-hydrogen) atoms. The van der Waals surface area contributed by atoms with Crippen LogP contribution >= 0.6 is 0 Å². The van der Waals surface area contributed by atoms with E-state index in [-0.39, 0.29) is 11.7 Å². The summed E-state index contributed by atoms with van der Waals surface area (Å²) in [6.45, 7) is 3.94. The quantitative estimate of drug-likeness (QED) is 0.759. The van der Waals surface area contributed by atoms with Crippen molar-refractivity contribution >= 4 is 5.78 Å². The Morgan fingerprint density at radius 2 is 1.94 bits per heavy atom. The summed E-state index contributed by atoms with van der Waals surface area (Å²) in [6, 6.07) is 9.37. The second-order valence-electron chi connectivity index (χ2n) is 4.84. The molecule has 1 aliphatic rings. The Hall–Kier alpha value is -1.67. The fourth-order valence-electron chi connectivity index (χ4n) is 2.20. The van der Waals surface area contributed by atoms with Crippen molar-refractivity contribution < 1.29 is 9.53 Å². The predicted octanol–water partition coefficient (Wildman–Crippen LogP) is 3.41. The zero-order chi connectivity index (χ0) is 13.2. The van der Waals surface area contributed by atoms with Crippen molar-refractivity contribution in [1.29, 1.82) is 0 Å². The molecule has 2 heteroatoms. The van der Waals surface area contributed by atoms with Gasteiger partial charge in [0.05, 0.1) is 11.5 Å². The Balaban J connectivity index is 2.37. The Bertz CT molecular complexity index is 499. The SMILES string of the molecule is COC1(C)C=CC(C)=CC1C(=O)c1ccccc1. The maximum Gasteiger partial charge on any atom is 0.172 e. The number of benzene rings is 1. The first-order valence-corrected chi connectivity index (χ1v) is 6.09. The van der Waals surface area contributed by atoms with E-state index in [1.165, 1.54) is 0 Å². The van der Waals surface area contributed by atoms with Crippen LogP contribution in [0.2, 0.25) is 0 Å². The average molecular weight is 242 g/mol. The summed E-state index contributed by atoms with van der Waals surface area (Å²) in [5.74, 6) is -0.168. The number of ether oxygens (including phenoxy) is 1. The van der Waals surface area contributed by atoms with E-state index in [9.17, 15) is 4.79 Å². The molecule has 0 spiro atoms. The molecule has 0 saturated heterocycles. The number of methoxy groups -OCH3 is 1. The number of rotatable bonds is 3. The van der Waals surface area contributed by atoms with Gasteiger partial charge in [0, 0.05) is 12.7 Å². The summed E-state index contributed by atoms with van der Waals surface area (Å²) in [6.07, 6.45) is 5.95. The van der Waals surface area contributed by atoms with Gasteiger partial charge in [0.25, 0.3) is 0 Å². The molecular formula is C16H18O2. The molecule has 0 N–H and O–H groups in total. The first-order chi connectivity index (χ1) is 8.57. The molecule has 0 amide bonds. The number of allylic oxidation sites excluding steroid dienone is 2. The predicted molar refractivity (Wildman–Crippen MR) is 72.6 cm³/mol. The fraction of sp³-hybridized carbons (Fsp3) is 0.312. The van der Waals surface area contributed by atoms with Gasteiger partial charge in [0.2, 0.25) is 0 Å². The zero-order valence-electron chi connectivity index (χ0n) is 11.0. The van der Waals surface area contributed by atoms with Crippen molar-refractivity contribution in [1.82, 2.24) is 0 Å². The first kappa shape index (κ1) is 12.8. The lowest BCUT2D eigenvalue weighted by molar-refractivity contribution is 0.0146. The van der Waals surface area contributed by atoms with Crippen LogP contribution in [0.25, 0.3) is 0 Å². The monoisotopic (exact) mass is 242 g/mol. The molecule has 1 aromatic rings. The summed E-state index contributed by atoms with van der Waals surface area (Å²) >= 11 is 0. The zero-order valence-corrected chi connectivity index (χ0v) is 11.0. The number of carbonyl (C=O) groups excluding carboxylic acids is 1. The molecule has 94 valence electrons. The van der Waals surface area contributed by atoms with Gasteiger partial charge in [-0.25, -0.2) is 0 Å². The fourth-order valence-corrected chi connectivity index (χ4v) is 2.20. The number of Topliss-reactive ketones (excluding diaryl/α,β-unsaturated/α-hetero) is 1. The highest BCUT2D eigenvalue weighted by atomic mass is 16.5. The minimum Gasteiger partial charge on any atom is -0.373 e. The van der Waals surface area contributed by atoms with Gasteiger partial charge in [-0.1, -0.05) is 54.1 Å². The van der Waals surface area contributed by atoms with Crippen LogP contribution in [0.3, 0.4) is 0 Å². The Morgan fingerprint density at radius 1 is 1.28 bits per heavy atom. The summed E-state index contributed by atoms with van der Waals surface area (Å²) in [7, 11) is 1.64. The Kier molecular flexibility index (Phi) is 3.48. The lowest BCUT2D eigenvalue weighted by atomic mass is 9.78. The normalized spacial score (nSPS) is 26.8. The molecular weight excluding hydrogens is 224 g/mol. The number of hydrogen-bond acceptors (Lipinski definition) is 2. The van der Waals surface area contributed by atoms with Crippen LogP contribution in [-0.4, -0.2) is 18.5 Å². The smallest absolute Gasteiger partial charge is 0.172 e. The molecule has 2 nitrogen and oxygen atoms in total. The Morgan fingerprint density at radius 3 is 2.56 bits per heavy atom. The molecule has 1 aromatic carbocycles.